The third-order valence-electron chi connectivity index (χ3n) is 6.01. The minimum absolute atomic E-state index is 0.103. The molecule has 0 heterocycles. The number of aliphatic hydroxyl groups is 1. The summed E-state index contributed by atoms with van der Waals surface area (Å²) in [5.74, 6) is -0.0959. The Morgan fingerprint density at radius 2 is 1.58 bits per heavy atom. The van der Waals surface area contributed by atoms with E-state index in [1.165, 1.54) is 0 Å². The van der Waals surface area contributed by atoms with Crippen molar-refractivity contribution in [2.45, 2.75) is 46.0 Å². The van der Waals surface area contributed by atoms with Gasteiger partial charge in [0.15, 0.2) is 0 Å². The highest BCUT2D eigenvalue weighted by Gasteiger charge is 2.12. The van der Waals surface area contributed by atoms with Crippen molar-refractivity contribution < 1.29 is 23.8 Å². The fraction of sp³-hybridized carbons (Fsp3) is 0.323. The molecule has 3 aromatic rings. The van der Waals surface area contributed by atoms with E-state index in [-0.39, 0.29) is 25.6 Å². The van der Waals surface area contributed by atoms with Gasteiger partial charge in [-0.15, -0.1) is 0 Å². The van der Waals surface area contributed by atoms with Crippen LogP contribution in [0.4, 0.5) is 4.39 Å². The number of aryl methyl sites for hydroxylation is 2. The predicted molar refractivity (Wildman–Crippen MR) is 143 cm³/mol. The molecule has 0 aliphatic heterocycles. The van der Waals surface area contributed by atoms with Crippen molar-refractivity contribution in [1.29, 1.82) is 0 Å². The zero-order valence-corrected chi connectivity index (χ0v) is 21.2. The summed E-state index contributed by atoms with van der Waals surface area (Å²) in [5.41, 5.74) is 5.53. The molecule has 190 valence electrons. The SMILES string of the molecule is C=C(C)C(=O)OCCOc1cc(-c2ccc(-c3ccc(C)cc3)cc2F)ccc1CCCCCCO. The maximum atomic E-state index is 15.2. The van der Waals surface area contributed by atoms with Crippen LogP contribution >= 0.6 is 0 Å². The molecule has 5 heteroatoms. The van der Waals surface area contributed by atoms with Gasteiger partial charge in [-0.1, -0.05) is 73.5 Å². The Morgan fingerprint density at radius 1 is 0.889 bits per heavy atom. The van der Waals surface area contributed by atoms with E-state index in [0.717, 1.165) is 59.9 Å². The predicted octanol–water partition coefficient (Wildman–Crippen LogP) is 7.06. The van der Waals surface area contributed by atoms with Gasteiger partial charge in [-0.2, -0.15) is 0 Å². The van der Waals surface area contributed by atoms with E-state index in [1.807, 2.05) is 55.5 Å². The molecule has 0 aliphatic carbocycles. The summed E-state index contributed by atoms with van der Waals surface area (Å²) in [7, 11) is 0. The minimum atomic E-state index is -0.452. The lowest BCUT2D eigenvalue weighted by atomic mass is 9.97. The Hall–Kier alpha value is -3.44. The average Bonchev–Trinajstić information content (AvgIpc) is 2.87. The molecule has 0 aromatic heterocycles. The number of hydrogen-bond acceptors (Lipinski definition) is 4. The molecule has 0 unspecified atom stereocenters. The number of carbonyl (C=O) groups excluding carboxylic acids is 1. The van der Waals surface area contributed by atoms with Crippen LogP contribution in [0.1, 0.15) is 43.7 Å². The average molecular weight is 491 g/mol. The summed E-state index contributed by atoms with van der Waals surface area (Å²) in [4.78, 5) is 11.6. The lowest BCUT2D eigenvalue weighted by Gasteiger charge is -2.15. The molecule has 0 amide bonds. The topological polar surface area (TPSA) is 55.8 Å². The molecular weight excluding hydrogens is 455 g/mol. The summed E-state index contributed by atoms with van der Waals surface area (Å²) in [6, 6.07) is 19.0. The first-order valence-electron chi connectivity index (χ1n) is 12.4. The van der Waals surface area contributed by atoms with Gasteiger partial charge in [0.2, 0.25) is 0 Å². The van der Waals surface area contributed by atoms with Crippen LogP contribution in [0.25, 0.3) is 22.3 Å². The van der Waals surface area contributed by atoms with Gasteiger partial charge in [-0.05, 0) is 67.5 Å². The highest BCUT2D eigenvalue weighted by molar-refractivity contribution is 5.86. The molecule has 0 radical (unpaired) electrons. The first kappa shape index (κ1) is 27.2. The molecule has 0 atom stereocenters. The van der Waals surface area contributed by atoms with Gasteiger partial charge in [-0.3, -0.25) is 0 Å². The molecule has 36 heavy (non-hydrogen) atoms. The number of carbonyl (C=O) groups is 1. The van der Waals surface area contributed by atoms with Crippen molar-refractivity contribution >= 4 is 5.97 Å². The number of benzene rings is 3. The van der Waals surface area contributed by atoms with Crippen LogP contribution in [0.2, 0.25) is 0 Å². The van der Waals surface area contributed by atoms with Gasteiger partial charge in [0.05, 0.1) is 0 Å². The second-order valence-corrected chi connectivity index (χ2v) is 9.04. The maximum Gasteiger partial charge on any atom is 0.333 e. The highest BCUT2D eigenvalue weighted by atomic mass is 19.1. The van der Waals surface area contributed by atoms with E-state index in [1.54, 1.807) is 19.1 Å². The number of rotatable bonds is 13. The van der Waals surface area contributed by atoms with Crippen LogP contribution in [0, 0.1) is 12.7 Å². The van der Waals surface area contributed by atoms with E-state index in [2.05, 4.69) is 6.58 Å². The minimum Gasteiger partial charge on any atom is -0.490 e. The molecule has 0 fully saturated rings. The van der Waals surface area contributed by atoms with Gasteiger partial charge in [-0.25, -0.2) is 9.18 Å². The number of halogens is 1. The first-order valence-corrected chi connectivity index (χ1v) is 12.4. The normalized spacial score (nSPS) is 10.8. The van der Waals surface area contributed by atoms with E-state index >= 15 is 4.39 Å². The lowest BCUT2D eigenvalue weighted by molar-refractivity contribution is -0.139. The van der Waals surface area contributed by atoms with Crippen molar-refractivity contribution in [1.82, 2.24) is 0 Å². The Kier molecular flexibility index (Phi) is 10.3. The standard InChI is InChI=1S/C31H35FO4/c1-22(2)31(34)36-19-18-35-30-21-27(14-13-25(30)8-6-4-5-7-17-33)28-16-15-26(20-29(28)32)24-11-9-23(3)10-12-24/h9-16,20-21,33H,1,4-8,17-19H2,2-3H3. The summed E-state index contributed by atoms with van der Waals surface area (Å²) in [5, 5.41) is 8.98. The van der Waals surface area contributed by atoms with Crippen molar-refractivity contribution in [3.63, 3.8) is 0 Å². The van der Waals surface area contributed by atoms with Gasteiger partial charge in [0, 0.05) is 17.7 Å². The van der Waals surface area contributed by atoms with Crippen molar-refractivity contribution in [2.75, 3.05) is 19.8 Å². The second-order valence-electron chi connectivity index (χ2n) is 9.04. The van der Waals surface area contributed by atoms with Gasteiger partial charge in [0.25, 0.3) is 0 Å². The first-order chi connectivity index (χ1) is 17.4. The lowest BCUT2D eigenvalue weighted by Crippen LogP contribution is -2.13. The number of hydrogen-bond donors (Lipinski definition) is 1. The maximum absolute atomic E-state index is 15.2. The largest absolute Gasteiger partial charge is 0.490 e. The molecule has 4 nitrogen and oxygen atoms in total. The smallest absolute Gasteiger partial charge is 0.333 e. The summed E-state index contributed by atoms with van der Waals surface area (Å²) >= 11 is 0. The zero-order valence-electron chi connectivity index (χ0n) is 21.2. The van der Waals surface area contributed by atoms with Crippen molar-refractivity contribution in [3.8, 4) is 28.0 Å². The second kappa shape index (κ2) is 13.6. The highest BCUT2D eigenvalue weighted by Crippen LogP contribution is 2.32. The Labute approximate surface area is 213 Å². The Balaban J connectivity index is 1.78. The number of unbranched alkanes of at least 4 members (excludes halogenated alkanes) is 3. The molecular formula is C31H35FO4. The van der Waals surface area contributed by atoms with Gasteiger partial charge in [0.1, 0.15) is 24.8 Å². The van der Waals surface area contributed by atoms with Crippen LogP contribution in [0.5, 0.6) is 5.75 Å². The molecule has 0 saturated carbocycles. The van der Waals surface area contributed by atoms with Crippen LogP contribution in [0.3, 0.4) is 0 Å². The molecule has 0 aliphatic rings. The van der Waals surface area contributed by atoms with E-state index < -0.39 is 5.97 Å². The molecule has 3 aromatic carbocycles. The number of ether oxygens (including phenoxy) is 2. The third kappa shape index (κ3) is 7.79. The van der Waals surface area contributed by atoms with E-state index in [9.17, 15) is 4.79 Å². The fourth-order valence-corrected chi connectivity index (χ4v) is 3.93. The van der Waals surface area contributed by atoms with Gasteiger partial charge >= 0.3 is 5.97 Å². The summed E-state index contributed by atoms with van der Waals surface area (Å²) in [6.45, 7) is 7.70. The quantitative estimate of drug-likeness (QED) is 0.158. The van der Waals surface area contributed by atoms with Crippen molar-refractivity contribution in [2.24, 2.45) is 0 Å². The number of esters is 1. The molecule has 3 rings (SSSR count). The van der Waals surface area contributed by atoms with Crippen LogP contribution in [-0.4, -0.2) is 30.9 Å². The Bertz CT molecular complexity index is 1170. The Morgan fingerprint density at radius 3 is 2.28 bits per heavy atom. The molecule has 0 saturated heterocycles. The van der Waals surface area contributed by atoms with E-state index in [4.69, 9.17) is 14.6 Å². The summed E-state index contributed by atoms with van der Waals surface area (Å²) < 4.78 is 26.3. The van der Waals surface area contributed by atoms with Crippen LogP contribution < -0.4 is 4.74 Å². The van der Waals surface area contributed by atoms with Crippen molar-refractivity contribution in [3.05, 3.63) is 89.8 Å². The van der Waals surface area contributed by atoms with Crippen LogP contribution in [0.15, 0.2) is 72.8 Å². The molecule has 0 spiro atoms. The molecule has 1 N–H and O–H groups in total. The molecule has 0 bridgehead atoms. The zero-order chi connectivity index (χ0) is 25.9. The van der Waals surface area contributed by atoms with Crippen LogP contribution in [-0.2, 0) is 16.0 Å². The summed E-state index contributed by atoms with van der Waals surface area (Å²) in [6.07, 6.45) is 4.54. The fourth-order valence-electron chi connectivity index (χ4n) is 3.93. The third-order valence-corrected chi connectivity index (χ3v) is 6.01. The monoisotopic (exact) mass is 490 g/mol. The number of aliphatic hydroxyl groups excluding tert-OH is 1. The van der Waals surface area contributed by atoms with E-state index in [0.29, 0.717) is 16.9 Å². The van der Waals surface area contributed by atoms with Gasteiger partial charge < -0.3 is 14.6 Å².